The van der Waals surface area contributed by atoms with E-state index in [-0.39, 0.29) is 6.04 Å². The summed E-state index contributed by atoms with van der Waals surface area (Å²) in [5.41, 5.74) is 5.58. The van der Waals surface area contributed by atoms with E-state index in [4.69, 9.17) is 19.7 Å². The molecule has 19 heavy (non-hydrogen) atoms. The van der Waals surface area contributed by atoms with Gasteiger partial charge in [-0.05, 0) is 39.0 Å². The molecule has 1 saturated carbocycles. The molecule has 6 heteroatoms. The standard InChI is InChI=1S/C13H21N3O3/c1-13(6-3-7-18-13)12-15-11(16-19-12)10(14)8-17-9-4-2-5-9/h9-10H,2-8,14H2,1H3. The van der Waals surface area contributed by atoms with Gasteiger partial charge >= 0.3 is 0 Å². The van der Waals surface area contributed by atoms with Crippen LogP contribution < -0.4 is 5.73 Å². The van der Waals surface area contributed by atoms with Crippen LogP contribution in [0.2, 0.25) is 0 Å². The van der Waals surface area contributed by atoms with E-state index >= 15 is 0 Å². The Morgan fingerprint density at radius 1 is 1.47 bits per heavy atom. The third kappa shape index (κ3) is 2.66. The van der Waals surface area contributed by atoms with Crippen molar-refractivity contribution in [3.05, 3.63) is 11.7 Å². The largest absolute Gasteiger partial charge is 0.376 e. The molecule has 2 fully saturated rings. The van der Waals surface area contributed by atoms with Crippen LogP contribution in [0.3, 0.4) is 0 Å². The van der Waals surface area contributed by atoms with Crippen molar-refractivity contribution in [2.24, 2.45) is 5.73 Å². The van der Waals surface area contributed by atoms with E-state index in [0.29, 0.717) is 24.4 Å². The van der Waals surface area contributed by atoms with Crippen LogP contribution in [0, 0.1) is 0 Å². The monoisotopic (exact) mass is 267 g/mol. The minimum Gasteiger partial charge on any atom is -0.376 e. The van der Waals surface area contributed by atoms with Gasteiger partial charge < -0.3 is 19.7 Å². The molecule has 6 nitrogen and oxygen atoms in total. The van der Waals surface area contributed by atoms with Crippen LogP contribution in [0.25, 0.3) is 0 Å². The Kier molecular flexibility index (Phi) is 3.56. The fraction of sp³-hybridized carbons (Fsp3) is 0.846. The van der Waals surface area contributed by atoms with E-state index < -0.39 is 5.60 Å². The van der Waals surface area contributed by atoms with Crippen molar-refractivity contribution in [3.8, 4) is 0 Å². The number of ether oxygens (including phenoxy) is 2. The predicted molar refractivity (Wildman–Crippen MR) is 67.4 cm³/mol. The minimum atomic E-state index is -0.445. The molecule has 1 aliphatic heterocycles. The maximum absolute atomic E-state index is 6.03. The van der Waals surface area contributed by atoms with Crippen LogP contribution >= 0.6 is 0 Å². The van der Waals surface area contributed by atoms with Gasteiger partial charge in [0.05, 0.1) is 18.8 Å². The van der Waals surface area contributed by atoms with E-state index in [2.05, 4.69) is 10.1 Å². The summed E-state index contributed by atoms with van der Waals surface area (Å²) in [6, 6.07) is -0.330. The number of nitrogens with two attached hydrogens (primary N) is 1. The van der Waals surface area contributed by atoms with Gasteiger partial charge in [-0.3, -0.25) is 0 Å². The van der Waals surface area contributed by atoms with E-state index in [1.807, 2.05) is 6.92 Å². The molecule has 2 aliphatic rings. The number of hydrogen-bond donors (Lipinski definition) is 1. The van der Waals surface area contributed by atoms with Gasteiger partial charge in [0.2, 0.25) is 0 Å². The summed E-state index contributed by atoms with van der Waals surface area (Å²) in [4.78, 5) is 4.38. The van der Waals surface area contributed by atoms with Crippen LogP contribution in [0.1, 0.15) is 56.8 Å². The molecule has 2 heterocycles. The molecule has 1 aromatic heterocycles. The Labute approximate surface area is 112 Å². The fourth-order valence-corrected chi connectivity index (χ4v) is 2.40. The fourth-order valence-electron chi connectivity index (χ4n) is 2.40. The van der Waals surface area contributed by atoms with Crippen molar-refractivity contribution < 1.29 is 14.0 Å². The highest BCUT2D eigenvalue weighted by atomic mass is 16.5. The smallest absolute Gasteiger partial charge is 0.258 e. The summed E-state index contributed by atoms with van der Waals surface area (Å²) in [6.45, 7) is 3.17. The Bertz CT molecular complexity index is 425. The minimum absolute atomic E-state index is 0.330. The summed E-state index contributed by atoms with van der Waals surface area (Å²) in [7, 11) is 0. The lowest BCUT2D eigenvalue weighted by atomic mass is 9.96. The zero-order valence-corrected chi connectivity index (χ0v) is 11.3. The van der Waals surface area contributed by atoms with E-state index in [1.54, 1.807) is 0 Å². The van der Waals surface area contributed by atoms with Crippen molar-refractivity contribution in [2.45, 2.75) is 56.8 Å². The average Bonchev–Trinajstić information content (AvgIpc) is 2.96. The first-order valence-electron chi connectivity index (χ1n) is 7.03. The lowest BCUT2D eigenvalue weighted by Crippen LogP contribution is -2.27. The summed E-state index contributed by atoms with van der Waals surface area (Å²) in [6.07, 6.45) is 5.81. The molecule has 1 aromatic rings. The Hall–Kier alpha value is -0.980. The molecule has 2 atom stereocenters. The second kappa shape index (κ2) is 5.19. The molecule has 106 valence electrons. The maximum Gasteiger partial charge on any atom is 0.258 e. The Morgan fingerprint density at radius 3 is 2.95 bits per heavy atom. The molecule has 0 aromatic carbocycles. The third-order valence-electron chi connectivity index (χ3n) is 4.01. The molecule has 0 bridgehead atoms. The van der Waals surface area contributed by atoms with Gasteiger partial charge in [0, 0.05) is 6.61 Å². The summed E-state index contributed by atoms with van der Waals surface area (Å²) in [5, 5.41) is 3.96. The molecule has 0 amide bonds. The molecule has 3 rings (SSSR count). The van der Waals surface area contributed by atoms with Crippen LogP contribution in [0.5, 0.6) is 0 Å². The van der Waals surface area contributed by atoms with Crippen LogP contribution in [0.4, 0.5) is 0 Å². The highest BCUT2D eigenvalue weighted by Crippen LogP contribution is 2.34. The van der Waals surface area contributed by atoms with Gasteiger partial charge in [-0.25, -0.2) is 0 Å². The van der Waals surface area contributed by atoms with Crippen molar-refractivity contribution in [1.29, 1.82) is 0 Å². The third-order valence-corrected chi connectivity index (χ3v) is 4.01. The van der Waals surface area contributed by atoms with Crippen LogP contribution in [-0.2, 0) is 15.1 Å². The van der Waals surface area contributed by atoms with Crippen molar-refractivity contribution in [3.63, 3.8) is 0 Å². The molecule has 2 unspecified atom stereocenters. The predicted octanol–water partition coefficient (Wildman–Crippen LogP) is 1.66. The molecule has 1 aliphatic carbocycles. The second-order valence-electron chi connectivity index (χ2n) is 5.63. The Balaban J connectivity index is 1.60. The number of hydrogen-bond acceptors (Lipinski definition) is 6. The zero-order valence-electron chi connectivity index (χ0n) is 11.3. The number of nitrogens with zero attached hydrogens (tertiary/aromatic N) is 2. The Morgan fingerprint density at radius 2 is 2.32 bits per heavy atom. The first-order valence-corrected chi connectivity index (χ1v) is 7.03. The average molecular weight is 267 g/mol. The van der Waals surface area contributed by atoms with E-state index in [1.165, 1.54) is 6.42 Å². The van der Waals surface area contributed by atoms with Gasteiger partial charge in [0.15, 0.2) is 5.82 Å². The zero-order chi connectivity index (χ0) is 13.3. The molecular weight excluding hydrogens is 246 g/mol. The molecule has 2 N–H and O–H groups in total. The summed E-state index contributed by atoms with van der Waals surface area (Å²) in [5.74, 6) is 1.03. The van der Waals surface area contributed by atoms with E-state index in [9.17, 15) is 0 Å². The first kappa shape index (κ1) is 13.0. The van der Waals surface area contributed by atoms with Gasteiger partial charge in [0.1, 0.15) is 5.60 Å². The SMILES string of the molecule is CC1(c2nc(C(N)COC3CCC3)no2)CCCO1. The molecule has 0 spiro atoms. The molecular formula is C13H21N3O3. The van der Waals surface area contributed by atoms with Crippen LogP contribution in [-0.4, -0.2) is 29.5 Å². The molecule has 1 saturated heterocycles. The second-order valence-corrected chi connectivity index (χ2v) is 5.63. The van der Waals surface area contributed by atoms with Gasteiger partial charge in [0.25, 0.3) is 5.89 Å². The van der Waals surface area contributed by atoms with Gasteiger partial charge in [-0.15, -0.1) is 0 Å². The van der Waals surface area contributed by atoms with E-state index in [0.717, 1.165) is 32.3 Å². The normalized spacial score (nSPS) is 29.4. The molecule has 0 radical (unpaired) electrons. The van der Waals surface area contributed by atoms with Gasteiger partial charge in [-0.1, -0.05) is 5.16 Å². The van der Waals surface area contributed by atoms with Crippen molar-refractivity contribution >= 4 is 0 Å². The first-order chi connectivity index (χ1) is 9.17. The lowest BCUT2D eigenvalue weighted by molar-refractivity contribution is -0.00937. The summed E-state index contributed by atoms with van der Waals surface area (Å²) < 4.78 is 16.7. The number of aromatic nitrogens is 2. The van der Waals surface area contributed by atoms with Crippen LogP contribution in [0.15, 0.2) is 4.52 Å². The number of rotatable bonds is 5. The lowest BCUT2D eigenvalue weighted by Gasteiger charge is -2.26. The van der Waals surface area contributed by atoms with Crippen molar-refractivity contribution in [1.82, 2.24) is 10.1 Å². The van der Waals surface area contributed by atoms with Crippen molar-refractivity contribution in [2.75, 3.05) is 13.2 Å². The topological polar surface area (TPSA) is 83.4 Å². The summed E-state index contributed by atoms with van der Waals surface area (Å²) >= 11 is 0. The maximum atomic E-state index is 6.03. The van der Waals surface area contributed by atoms with Gasteiger partial charge in [-0.2, -0.15) is 4.98 Å². The highest BCUT2D eigenvalue weighted by molar-refractivity contribution is 5.02. The quantitative estimate of drug-likeness (QED) is 0.873. The highest BCUT2D eigenvalue weighted by Gasteiger charge is 2.38.